The number of ether oxygens (including phenoxy) is 1. The smallest absolute Gasteiger partial charge is 0.231 e. The van der Waals surface area contributed by atoms with Crippen molar-refractivity contribution in [2.24, 2.45) is 0 Å². The fourth-order valence-corrected chi connectivity index (χ4v) is 3.36. The number of amides is 1. The molecule has 29 heavy (non-hydrogen) atoms. The first-order valence-corrected chi connectivity index (χ1v) is 9.54. The molecule has 0 spiro atoms. The Labute approximate surface area is 169 Å². The molecule has 146 valence electrons. The van der Waals surface area contributed by atoms with Crippen LogP contribution in [0.25, 0.3) is 16.9 Å². The number of carbonyl (C=O) groups is 1. The van der Waals surface area contributed by atoms with Crippen molar-refractivity contribution in [2.75, 3.05) is 12.4 Å². The lowest BCUT2D eigenvalue weighted by Crippen LogP contribution is -2.20. The van der Waals surface area contributed by atoms with Crippen LogP contribution >= 0.6 is 0 Å². The summed E-state index contributed by atoms with van der Waals surface area (Å²) < 4.78 is 6.84. The highest BCUT2D eigenvalue weighted by Crippen LogP contribution is 2.25. The second kappa shape index (κ2) is 8.14. The van der Waals surface area contributed by atoms with Gasteiger partial charge in [-0.05, 0) is 30.2 Å². The molecule has 1 unspecified atom stereocenters. The van der Waals surface area contributed by atoms with Gasteiger partial charge in [-0.2, -0.15) is 0 Å². The molecule has 0 aliphatic heterocycles. The minimum absolute atomic E-state index is 0.0164. The summed E-state index contributed by atoms with van der Waals surface area (Å²) in [5, 5.41) is 7.39. The summed E-state index contributed by atoms with van der Waals surface area (Å²) in [6.45, 7) is 2.02. The number of anilines is 1. The standard InChI is InChI=1S/C23H22N4O2/c1-3-19(16-8-5-4-6-9-16)23(28)24-18-11-7-10-17(14-18)20-15-27-21(25-20)12-13-22(26-27)29-2/h4-15,19H,3H2,1-2H3,(H,24,28). The number of hydrogen-bond donors (Lipinski definition) is 1. The fourth-order valence-electron chi connectivity index (χ4n) is 3.36. The quantitative estimate of drug-likeness (QED) is 0.528. The molecule has 0 aliphatic carbocycles. The third-order valence-corrected chi connectivity index (χ3v) is 4.86. The van der Waals surface area contributed by atoms with Crippen LogP contribution in [0.1, 0.15) is 24.8 Å². The summed E-state index contributed by atoms with van der Waals surface area (Å²) >= 11 is 0. The molecule has 0 radical (unpaired) electrons. The lowest BCUT2D eigenvalue weighted by molar-refractivity contribution is -0.117. The maximum atomic E-state index is 12.8. The van der Waals surface area contributed by atoms with Gasteiger partial charge in [-0.15, -0.1) is 5.10 Å². The van der Waals surface area contributed by atoms with Crippen LogP contribution in [0.5, 0.6) is 5.88 Å². The monoisotopic (exact) mass is 386 g/mol. The van der Waals surface area contributed by atoms with Crippen molar-refractivity contribution >= 4 is 17.2 Å². The van der Waals surface area contributed by atoms with Gasteiger partial charge in [0.15, 0.2) is 5.65 Å². The number of aromatic nitrogens is 3. The molecule has 1 amide bonds. The Balaban J connectivity index is 1.58. The molecule has 2 aromatic heterocycles. The second-order valence-electron chi connectivity index (χ2n) is 6.75. The molecule has 0 bridgehead atoms. The Morgan fingerprint density at radius 3 is 2.69 bits per heavy atom. The molecular formula is C23H22N4O2. The molecule has 2 heterocycles. The van der Waals surface area contributed by atoms with E-state index in [1.54, 1.807) is 17.7 Å². The van der Waals surface area contributed by atoms with Crippen LogP contribution in [-0.2, 0) is 4.79 Å². The van der Waals surface area contributed by atoms with Crippen LogP contribution in [0, 0.1) is 0 Å². The lowest BCUT2D eigenvalue weighted by Gasteiger charge is -2.15. The minimum atomic E-state index is -0.188. The van der Waals surface area contributed by atoms with Gasteiger partial charge in [0.2, 0.25) is 11.8 Å². The van der Waals surface area contributed by atoms with Crippen LogP contribution in [-0.4, -0.2) is 27.6 Å². The Morgan fingerprint density at radius 2 is 1.93 bits per heavy atom. The molecule has 1 N–H and O–H groups in total. The topological polar surface area (TPSA) is 68.5 Å². The number of methoxy groups -OCH3 is 1. The molecule has 6 heteroatoms. The Kier molecular flexibility index (Phi) is 5.24. The van der Waals surface area contributed by atoms with Crippen molar-refractivity contribution in [2.45, 2.75) is 19.3 Å². The predicted molar refractivity (Wildman–Crippen MR) is 113 cm³/mol. The number of hydrogen-bond acceptors (Lipinski definition) is 4. The molecule has 4 aromatic rings. The summed E-state index contributed by atoms with van der Waals surface area (Å²) in [6.07, 6.45) is 2.58. The Morgan fingerprint density at radius 1 is 1.10 bits per heavy atom. The van der Waals surface area contributed by atoms with Gasteiger partial charge in [0.25, 0.3) is 0 Å². The normalized spacial score (nSPS) is 11.9. The highest BCUT2D eigenvalue weighted by atomic mass is 16.5. The molecule has 0 saturated heterocycles. The highest BCUT2D eigenvalue weighted by Gasteiger charge is 2.18. The summed E-state index contributed by atoms with van der Waals surface area (Å²) in [4.78, 5) is 17.5. The van der Waals surface area contributed by atoms with Crippen molar-refractivity contribution < 1.29 is 9.53 Å². The van der Waals surface area contributed by atoms with Crippen molar-refractivity contribution in [3.8, 4) is 17.1 Å². The highest BCUT2D eigenvalue weighted by molar-refractivity contribution is 5.96. The van der Waals surface area contributed by atoms with Crippen LogP contribution in [0.15, 0.2) is 72.9 Å². The van der Waals surface area contributed by atoms with Crippen molar-refractivity contribution in [1.29, 1.82) is 0 Å². The van der Waals surface area contributed by atoms with E-state index in [1.165, 1.54) is 0 Å². The van der Waals surface area contributed by atoms with Gasteiger partial charge in [-0.1, -0.05) is 49.4 Å². The van der Waals surface area contributed by atoms with E-state index in [2.05, 4.69) is 15.4 Å². The molecule has 0 fully saturated rings. The van der Waals surface area contributed by atoms with Gasteiger partial charge in [0.05, 0.1) is 24.9 Å². The zero-order valence-corrected chi connectivity index (χ0v) is 16.4. The van der Waals surface area contributed by atoms with Gasteiger partial charge >= 0.3 is 0 Å². The number of imidazole rings is 1. The maximum Gasteiger partial charge on any atom is 0.231 e. The van der Waals surface area contributed by atoms with Crippen LogP contribution < -0.4 is 10.1 Å². The molecule has 1 atom stereocenters. The largest absolute Gasteiger partial charge is 0.480 e. The van der Waals surface area contributed by atoms with E-state index < -0.39 is 0 Å². The Bertz CT molecular complexity index is 1140. The first-order chi connectivity index (χ1) is 14.2. The van der Waals surface area contributed by atoms with E-state index >= 15 is 0 Å². The lowest BCUT2D eigenvalue weighted by atomic mass is 9.95. The first-order valence-electron chi connectivity index (χ1n) is 9.54. The fraction of sp³-hybridized carbons (Fsp3) is 0.174. The van der Waals surface area contributed by atoms with Gasteiger partial charge in [0.1, 0.15) is 0 Å². The number of carbonyl (C=O) groups excluding carboxylic acids is 1. The average molecular weight is 386 g/mol. The van der Waals surface area contributed by atoms with Gasteiger partial charge in [0, 0.05) is 17.3 Å². The molecule has 0 aliphatic rings. The summed E-state index contributed by atoms with van der Waals surface area (Å²) in [7, 11) is 1.58. The summed E-state index contributed by atoms with van der Waals surface area (Å²) in [5.74, 6) is 0.318. The zero-order valence-electron chi connectivity index (χ0n) is 16.4. The number of fused-ring (bicyclic) bond motifs is 1. The van der Waals surface area contributed by atoms with E-state index in [0.717, 1.165) is 34.6 Å². The van der Waals surface area contributed by atoms with Crippen LogP contribution in [0.3, 0.4) is 0 Å². The van der Waals surface area contributed by atoms with Crippen molar-refractivity contribution in [1.82, 2.24) is 14.6 Å². The van der Waals surface area contributed by atoms with E-state index in [1.807, 2.05) is 73.8 Å². The summed E-state index contributed by atoms with van der Waals surface area (Å²) in [5.41, 5.74) is 4.16. The second-order valence-corrected chi connectivity index (χ2v) is 6.75. The SMILES string of the molecule is CCC(C(=O)Nc1cccc(-c2cn3nc(OC)ccc3n2)c1)c1ccccc1. The van der Waals surface area contributed by atoms with Gasteiger partial charge in [-0.25, -0.2) is 9.50 Å². The number of rotatable bonds is 6. The van der Waals surface area contributed by atoms with Gasteiger partial charge < -0.3 is 10.1 Å². The molecule has 4 rings (SSSR count). The molecular weight excluding hydrogens is 364 g/mol. The van der Waals surface area contributed by atoms with E-state index in [0.29, 0.717) is 5.88 Å². The number of nitrogens with one attached hydrogen (secondary N) is 1. The zero-order chi connectivity index (χ0) is 20.2. The minimum Gasteiger partial charge on any atom is -0.480 e. The van der Waals surface area contributed by atoms with Crippen molar-refractivity contribution in [3.63, 3.8) is 0 Å². The average Bonchev–Trinajstić information content (AvgIpc) is 3.18. The van der Waals surface area contributed by atoms with E-state index in [4.69, 9.17) is 4.74 Å². The van der Waals surface area contributed by atoms with Crippen LogP contribution in [0.4, 0.5) is 5.69 Å². The maximum absolute atomic E-state index is 12.8. The molecule has 2 aromatic carbocycles. The third-order valence-electron chi connectivity index (χ3n) is 4.86. The first kappa shape index (κ1) is 18.7. The molecule has 6 nitrogen and oxygen atoms in total. The molecule has 0 saturated carbocycles. The number of benzene rings is 2. The van der Waals surface area contributed by atoms with Crippen molar-refractivity contribution in [3.05, 3.63) is 78.5 Å². The predicted octanol–water partition coefficient (Wildman–Crippen LogP) is 4.54. The van der Waals surface area contributed by atoms with E-state index in [-0.39, 0.29) is 11.8 Å². The Hall–Kier alpha value is -3.67. The van der Waals surface area contributed by atoms with Gasteiger partial charge in [-0.3, -0.25) is 4.79 Å². The van der Waals surface area contributed by atoms with E-state index in [9.17, 15) is 4.79 Å². The number of nitrogens with zero attached hydrogens (tertiary/aromatic N) is 3. The van der Waals surface area contributed by atoms with Crippen LogP contribution in [0.2, 0.25) is 0 Å². The summed E-state index contributed by atoms with van der Waals surface area (Å²) in [6, 6.07) is 21.2. The third kappa shape index (κ3) is 3.96.